The molecule has 1 aromatic carbocycles. The van der Waals surface area contributed by atoms with E-state index in [1.807, 2.05) is 12.1 Å². The highest BCUT2D eigenvalue weighted by atomic mass is 35.5. The number of carbonyl (C=O) groups excluding carboxylic acids is 2. The van der Waals surface area contributed by atoms with Crippen molar-refractivity contribution in [2.75, 3.05) is 32.8 Å². The molecule has 1 saturated heterocycles. The van der Waals surface area contributed by atoms with Gasteiger partial charge in [-0.2, -0.15) is 5.10 Å². The minimum Gasteiger partial charge on any atom is -0.378 e. The normalized spacial score (nSPS) is 18.1. The van der Waals surface area contributed by atoms with Crippen LogP contribution in [0.4, 0.5) is 0 Å². The number of pyridine rings is 1. The third-order valence-corrected chi connectivity index (χ3v) is 7.37. The minimum atomic E-state index is -0.158. The van der Waals surface area contributed by atoms with Crippen LogP contribution >= 0.6 is 11.6 Å². The summed E-state index contributed by atoms with van der Waals surface area (Å²) in [5, 5.41) is 8.35. The number of hydrogen-bond acceptors (Lipinski definition) is 4. The summed E-state index contributed by atoms with van der Waals surface area (Å²) in [4.78, 5) is 28.0. The number of rotatable bonds is 5. The van der Waals surface area contributed by atoms with Gasteiger partial charge in [0.05, 0.1) is 24.3 Å². The zero-order valence-corrected chi connectivity index (χ0v) is 19.9. The molecule has 0 spiro atoms. The number of halogens is 1. The molecule has 3 heterocycles. The average Bonchev–Trinajstić information content (AvgIpc) is 3.33. The Morgan fingerprint density at radius 3 is 2.53 bits per heavy atom. The van der Waals surface area contributed by atoms with Crippen molar-refractivity contribution in [3.8, 4) is 0 Å². The second kappa shape index (κ2) is 9.76. The number of amides is 2. The summed E-state index contributed by atoms with van der Waals surface area (Å²) in [5.41, 5.74) is 2.60. The van der Waals surface area contributed by atoms with Crippen molar-refractivity contribution in [1.82, 2.24) is 19.8 Å². The lowest BCUT2D eigenvalue weighted by atomic mass is 9.69. The van der Waals surface area contributed by atoms with Crippen LogP contribution < -0.4 is 5.32 Å². The Hall–Kier alpha value is -2.90. The first-order valence-electron chi connectivity index (χ1n) is 12.0. The van der Waals surface area contributed by atoms with E-state index in [2.05, 4.69) is 22.5 Å². The number of fused-ring (bicyclic) bond motifs is 1. The molecule has 2 fully saturated rings. The van der Waals surface area contributed by atoms with E-state index in [0.29, 0.717) is 54.6 Å². The lowest BCUT2D eigenvalue weighted by Gasteiger charge is -2.38. The fourth-order valence-electron chi connectivity index (χ4n) is 5.18. The summed E-state index contributed by atoms with van der Waals surface area (Å²) in [6, 6.07) is 13.3. The number of aromatic nitrogens is 2. The maximum atomic E-state index is 13.3. The number of nitrogens with zero attached hydrogens (tertiary/aromatic N) is 3. The van der Waals surface area contributed by atoms with E-state index >= 15 is 0 Å². The Balaban J connectivity index is 1.37. The summed E-state index contributed by atoms with van der Waals surface area (Å²) >= 11 is 6.12. The molecule has 7 nitrogen and oxygen atoms in total. The third-order valence-electron chi connectivity index (χ3n) is 7.12. The van der Waals surface area contributed by atoms with Crippen LogP contribution in [0, 0.1) is 0 Å². The van der Waals surface area contributed by atoms with Crippen LogP contribution in [-0.4, -0.2) is 59.2 Å². The maximum Gasteiger partial charge on any atom is 0.274 e. The molecule has 1 saturated carbocycles. The van der Waals surface area contributed by atoms with Crippen molar-refractivity contribution in [3.05, 3.63) is 70.5 Å². The molecule has 34 heavy (non-hydrogen) atoms. The van der Waals surface area contributed by atoms with Crippen LogP contribution in [0.1, 0.15) is 58.5 Å². The zero-order valence-electron chi connectivity index (χ0n) is 19.1. The van der Waals surface area contributed by atoms with Gasteiger partial charge in [-0.15, -0.1) is 0 Å². The third kappa shape index (κ3) is 4.55. The molecular weight excluding hydrogens is 452 g/mol. The molecule has 0 atom stereocenters. The molecule has 2 aromatic heterocycles. The lowest BCUT2D eigenvalue weighted by Crippen LogP contribution is -2.42. The van der Waals surface area contributed by atoms with E-state index in [4.69, 9.17) is 16.3 Å². The topological polar surface area (TPSA) is 75.9 Å². The Morgan fingerprint density at radius 1 is 1.06 bits per heavy atom. The number of nitrogens with one attached hydrogen (secondary N) is 1. The number of morpholine rings is 1. The predicted octanol–water partition coefficient (Wildman–Crippen LogP) is 4.09. The molecule has 8 heteroatoms. The Labute approximate surface area is 204 Å². The highest BCUT2D eigenvalue weighted by molar-refractivity contribution is 6.30. The summed E-state index contributed by atoms with van der Waals surface area (Å²) in [6.07, 6.45) is 7.33. The lowest BCUT2D eigenvalue weighted by molar-refractivity contribution is 0.0299. The zero-order chi connectivity index (χ0) is 23.5. The van der Waals surface area contributed by atoms with Crippen LogP contribution in [0.3, 0.4) is 0 Å². The van der Waals surface area contributed by atoms with Crippen molar-refractivity contribution in [2.45, 2.75) is 37.5 Å². The first-order chi connectivity index (χ1) is 16.6. The van der Waals surface area contributed by atoms with Gasteiger partial charge >= 0.3 is 0 Å². The molecule has 2 amide bonds. The standard InChI is InChI=1S/C26H29ClN4O3/c27-20-8-6-19(7-9-20)26(10-2-1-3-11-26)18-28-24(32)21-5-4-12-31-23(21)17-22(29-31)25(33)30-13-15-34-16-14-30/h4-9,12,17H,1-3,10-11,13-16,18H2,(H,28,32). The van der Waals surface area contributed by atoms with Gasteiger partial charge < -0.3 is 15.0 Å². The molecule has 1 N–H and O–H groups in total. The van der Waals surface area contributed by atoms with Gasteiger partial charge in [0.2, 0.25) is 0 Å². The first-order valence-corrected chi connectivity index (χ1v) is 12.3. The highest BCUT2D eigenvalue weighted by Crippen LogP contribution is 2.39. The SMILES string of the molecule is O=C(NCC1(c2ccc(Cl)cc2)CCCCC1)c1cccn2nc(C(=O)N3CCOCC3)cc12. The smallest absolute Gasteiger partial charge is 0.274 e. The fourth-order valence-corrected chi connectivity index (χ4v) is 5.31. The van der Waals surface area contributed by atoms with Crippen LogP contribution in [0.15, 0.2) is 48.7 Å². The summed E-state index contributed by atoms with van der Waals surface area (Å²) in [6.45, 7) is 2.71. The van der Waals surface area contributed by atoms with E-state index in [1.165, 1.54) is 12.0 Å². The maximum absolute atomic E-state index is 13.3. The Bertz CT molecular complexity index is 1180. The Morgan fingerprint density at radius 2 is 1.79 bits per heavy atom. The highest BCUT2D eigenvalue weighted by Gasteiger charge is 2.34. The number of hydrogen-bond donors (Lipinski definition) is 1. The monoisotopic (exact) mass is 480 g/mol. The van der Waals surface area contributed by atoms with Gasteiger partial charge in [-0.25, -0.2) is 4.52 Å². The second-order valence-corrected chi connectivity index (χ2v) is 9.65. The average molecular weight is 481 g/mol. The van der Waals surface area contributed by atoms with Gasteiger partial charge in [0.1, 0.15) is 0 Å². The summed E-state index contributed by atoms with van der Waals surface area (Å²) in [7, 11) is 0. The van der Waals surface area contributed by atoms with E-state index in [9.17, 15) is 9.59 Å². The summed E-state index contributed by atoms with van der Waals surface area (Å²) in [5.74, 6) is -0.294. The van der Waals surface area contributed by atoms with Gasteiger partial charge in [-0.1, -0.05) is 43.0 Å². The summed E-state index contributed by atoms with van der Waals surface area (Å²) < 4.78 is 6.95. The van der Waals surface area contributed by atoms with Crippen LogP contribution in [-0.2, 0) is 10.2 Å². The predicted molar refractivity (Wildman–Crippen MR) is 130 cm³/mol. The van der Waals surface area contributed by atoms with E-state index in [1.54, 1.807) is 33.8 Å². The molecule has 1 aliphatic heterocycles. The number of benzene rings is 1. The van der Waals surface area contributed by atoms with Crippen molar-refractivity contribution in [1.29, 1.82) is 0 Å². The number of carbonyl (C=O) groups is 2. The first kappa shape index (κ1) is 22.9. The Kier molecular flexibility index (Phi) is 6.57. The molecule has 3 aromatic rings. The van der Waals surface area contributed by atoms with Crippen molar-refractivity contribution in [2.24, 2.45) is 0 Å². The van der Waals surface area contributed by atoms with Gasteiger partial charge in [-0.3, -0.25) is 9.59 Å². The van der Waals surface area contributed by atoms with E-state index in [-0.39, 0.29) is 17.2 Å². The van der Waals surface area contributed by atoms with Gasteiger partial charge in [0, 0.05) is 36.3 Å². The van der Waals surface area contributed by atoms with Gasteiger partial charge in [-0.05, 0) is 48.7 Å². The molecule has 0 radical (unpaired) electrons. The van der Waals surface area contributed by atoms with Crippen LogP contribution in [0.25, 0.3) is 5.52 Å². The van der Waals surface area contributed by atoms with Crippen LogP contribution in [0.2, 0.25) is 5.02 Å². The quantitative estimate of drug-likeness (QED) is 0.596. The second-order valence-electron chi connectivity index (χ2n) is 9.22. The van der Waals surface area contributed by atoms with Crippen molar-refractivity contribution >= 4 is 28.9 Å². The molecule has 178 valence electrons. The van der Waals surface area contributed by atoms with Crippen molar-refractivity contribution < 1.29 is 14.3 Å². The molecule has 1 aliphatic carbocycles. The molecule has 2 aliphatic rings. The van der Waals surface area contributed by atoms with Gasteiger partial charge in [0.25, 0.3) is 11.8 Å². The minimum absolute atomic E-state index is 0.0960. The van der Waals surface area contributed by atoms with Crippen LogP contribution in [0.5, 0.6) is 0 Å². The molecule has 0 unspecified atom stereocenters. The van der Waals surface area contributed by atoms with E-state index in [0.717, 1.165) is 25.7 Å². The van der Waals surface area contributed by atoms with E-state index < -0.39 is 0 Å². The fraction of sp³-hybridized carbons (Fsp3) is 0.423. The van der Waals surface area contributed by atoms with Crippen molar-refractivity contribution in [3.63, 3.8) is 0 Å². The molecule has 5 rings (SSSR count). The van der Waals surface area contributed by atoms with Gasteiger partial charge in [0.15, 0.2) is 5.69 Å². The molecular formula is C26H29ClN4O3. The molecule has 0 bridgehead atoms. The number of ether oxygens (including phenoxy) is 1. The largest absolute Gasteiger partial charge is 0.378 e.